The van der Waals surface area contributed by atoms with Crippen molar-refractivity contribution >= 4 is 10.8 Å². The number of allylic oxidation sites excluding steroid dienone is 4. The summed E-state index contributed by atoms with van der Waals surface area (Å²) in [6, 6.07) is 13.4. The summed E-state index contributed by atoms with van der Waals surface area (Å²) < 4.78 is 0. The van der Waals surface area contributed by atoms with Gasteiger partial charge in [0.2, 0.25) is 0 Å². The fourth-order valence-corrected chi connectivity index (χ4v) is 3.68. The average Bonchev–Trinajstić information content (AvgIpc) is 2.80. The Bertz CT molecular complexity index is 1100. The molecule has 0 aliphatic carbocycles. The summed E-state index contributed by atoms with van der Waals surface area (Å²) in [5.74, 6) is 0.282. The molecule has 0 unspecified atom stereocenters. The maximum absolute atomic E-state index is 10.7. The number of benzene rings is 2. The van der Waals surface area contributed by atoms with Crippen molar-refractivity contribution in [3.05, 3.63) is 76.9 Å². The maximum atomic E-state index is 10.7. The molecule has 0 aliphatic rings. The molecule has 1 N–H and O–H groups in total. The summed E-state index contributed by atoms with van der Waals surface area (Å²) >= 11 is 0. The summed E-state index contributed by atoms with van der Waals surface area (Å²) in [6.07, 6.45) is 8.38. The second-order valence-corrected chi connectivity index (χ2v) is 8.32. The largest absolute Gasteiger partial charge is 0.508 e. The minimum Gasteiger partial charge on any atom is -0.508 e. The van der Waals surface area contributed by atoms with Crippen LogP contribution in [0.3, 0.4) is 0 Å². The van der Waals surface area contributed by atoms with Gasteiger partial charge in [0.1, 0.15) is 5.75 Å². The Labute approximate surface area is 192 Å². The molecule has 2 rings (SSSR count). The molecule has 0 atom stereocenters. The molecular weight excluding hydrogens is 394 g/mol. The van der Waals surface area contributed by atoms with Crippen LogP contribution in [0.25, 0.3) is 10.8 Å². The topological polar surface area (TPSA) is 71.1 Å². The molecule has 166 valence electrons. The number of nitrogens with zero attached hydrogens (tertiary/aromatic N) is 3. The third kappa shape index (κ3) is 7.12. The van der Waals surface area contributed by atoms with Crippen molar-refractivity contribution in [2.24, 2.45) is 0 Å². The lowest BCUT2D eigenvalue weighted by Crippen LogP contribution is -2.27. The maximum Gasteiger partial charge on any atom is 0.120 e. The average molecular weight is 428 g/mol. The van der Waals surface area contributed by atoms with Crippen molar-refractivity contribution in [1.29, 1.82) is 10.5 Å². The molecule has 4 heteroatoms. The molecule has 32 heavy (non-hydrogen) atoms. The number of hydrogen-bond donors (Lipinski definition) is 1. The number of rotatable bonds is 11. The van der Waals surface area contributed by atoms with Crippen molar-refractivity contribution in [3.8, 4) is 17.9 Å². The van der Waals surface area contributed by atoms with Gasteiger partial charge in [-0.1, -0.05) is 62.1 Å². The molecule has 0 bridgehead atoms. The molecule has 0 aliphatic heterocycles. The number of hydrogen-bond acceptors (Lipinski definition) is 4. The highest BCUT2D eigenvalue weighted by Gasteiger charge is 2.14. The predicted octanol–water partition coefficient (Wildman–Crippen LogP) is 6.77. The van der Waals surface area contributed by atoms with E-state index in [1.54, 1.807) is 18.2 Å². The highest BCUT2D eigenvalue weighted by atomic mass is 16.3. The molecular formula is C28H33N3O. The summed E-state index contributed by atoms with van der Waals surface area (Å²) in [4.78, 5) is 2.37. The van der Waals surface area contributed by atoms with E-state index >= 15 is 0 Å². The van der Waals surface area contributed by atoms with Gasteiger partial charge in [-0.05, 0) is 61.9 Å². The van der Waals surface area contributed by atoms with Gasteiger partial charge in [0.25, 0.3) is 0 Å². The van der Waals surface area contributed by atoms with Crippen LogP contribution in [-0.2, 0) is 6.54 Å². The van der Waals surface area contributed by atoms with Gasteiger partial charge in [-0.2, -0.15) is 10.5 Å². The summed E-state index contributed by atoms with van der Waals surface area (Å²) in [5.41, 5.74) is 4.27. The lowest BCUT2D eigenvalue weighted by Gasteiger charge is -2.25. The molecule has 0 amide bonds. The quantitative estimate of drug-likeness (QED) is 0.244. The minimum atomic E-state index is 0.282. The Morgan fingerprint density at radius 1 is 1.09 bits per heavy atom. The van der Waals surface area contributed by atoms with E-state index in [1.807, 2.05) is 37.3 Å². The van der Waals surface area contributed by atoms with Gasteiger partial charge in [-0.15, -0.1) is 0 Å². The summed E-state index contributed by atoms with van der Waals surface area (Å²) in [7, 11) is 0. The van der Waals surface area contributed by atoms with Crippen LogP contribution in [0.15, 0.2) is 65.8 Å². The van der Waals surface area contributed by atoms with Gasteiger partial charge < -0.3 is 5.11 Å². The molecule has 0 saturated carbocycles. The van der Waals surface area contributed by atoms with Crippen molar-refractivity contribution in [2.75, 3.05) is 13.1 Å². The fraction of sp³-hybridized carbons (Fsp3) is 0.357. The van der Waals surface area contributed by atoms with E-state index in [-0.39, 0.29) is 5.75 Å². The molecule has 0 aromatic heterocycles. The highest BCUT2D eigenvalue weighted by molar-refractivity contribution is 5.88. The van der Waals surface area contributed by atoms with E-state index < -0.39 is 0 Å². The predicted molar refractivity (Wildman–Crippen MR) is 132 cm³/mol. The van der Waals surface area contributed by atoms with Gasteiger partial charge in [0.15, 0.2) is 0 Å². The second kappa shape index (κ2) is 12.5. The van der Waals surface area contributed by atoms with E-state index in [2.05, 4.69) is 31.4 Å². The van der Waals surface area contributed by atoms with Crippen molar-refractivity contribution in [3.63, 3.8) is 0 Å². The first-order valence-corrected chi connectivity index (χ1v) is 11.2. The zero-order chi connectivity index (χ0) is 23.5. The third-order valence-corrected chi connectivity index (χ3v) is 5.76. The number of aromatic hydroxyl groups is 1. The fourth-order valence-electron chi connectivity index (χ4n) is 3.68. The Balaban J connectivity index is 2.32. The van der Waals surface area contributed by atoms with Gasteiger partial charge >= 0.3 is 0 Å². The van der Waals surface area contributed by atoms with Crippen molar-refractivity contribution in [2.45, 2.75) is 53.0 Å². The number of unbranched alkanes of at least 4 members (excludes halogenated alkanes) is 3. The summed E-state index contributed by atoms with van der Waals surface area (Å²) in [5, 5.41) is 30.7. The van der Waals surface area contributed by atoms with E-state index in [4.69, 9.17) is 5.26 Å². The van der Waals surface area contributed by atoms with Crippen LogP contribution in [0.2, 0.25) is 0 Å². The van der Waals surface area contributed by atoms with Gasteiger partial charge in [0.05, 0.1) is 17.7 Å². The van der Waals surface area contributed by atoms with Crippen LogP contribution in [0, 0.1) is 22.7 Å². The molecule has 0 saturated heterocycles. The van der Waals surface area contributed by atoms with Crippen molar-refractivity contribution < 1.29 is 5.11 Å². The number of nitriles is 2. The SMILES string of the molecule is C=C(C#N)C=CC(C)=C(C)CN(CCCCCC)Cc1c(O)ccc2cc(C#N)ccc12. The third-order valence-electron chi connectivity index (χ3n) is 5.76. The van der Waals surface area contributed by atoms with E-state index in [9.17, 15) is 10.4 Å². The van der Waals surface area contributed by atoms with E-state index in [1.165, 1.54) is 24.8 Å². The van der Waals surface area contributed by atoms with E-state index in [0.717, 1.165) is 41.4 Å². The number of phenols is 1. The van der Waals surface area contributed by atoms with Crippen LogP contribution in [0.1, 0.15) is 57.6 Å². The van der Waals surface area contributed by atoms with Crippen LogP contribution < -0.4 is 0 Å². The first-order chi connectivity index (χ1) is 15.4. The number of fused-ring (bicyclic) bond motifs is 1. The van der Waals surface area contributed by atoms with Crippen LogP contribution >= 0.6 is 0 Å². The molecule has 2 aromatic carbocycles. The van der Waals surface area contributed by atoms with Gasteiger partial charge in [0, 0.05) is 24.2 Å². The Morgan fingerprint density at radius 2 is 1.88 bits per heavy atom. The normalized spacial score (nSPS) is 12.1. The smallest absolute Gasteiger partial charge is 0.120 e. The van der Waals surface area contributed by atoms with Gasteiger partial charge in [-0.3, -0.25) is 4.90 Å². The molecule has 0 spiro atoms. The second-order valence-electron chi connectivity index (χ2n) is 8.32. The Morgan fingerprint density at radius 3 is 2.56 bits per heavy atom. The Hall–Kier alpha value is -3.34. The van der Waals surface area contributed by atoms with Gasteiger partial charge in [-0.25, -0.2) is 0 Å². The van der Waals surface area contributed by atoms with Crippen molar-refractivity contribution in [1.82, 2.24) is 4.90 Å². The zero-order valence-corrected chi connectivity index (χ0v) is 19.5. The monoisotopic (exact) mass is 427 g/mol. The minimum absolute atomic E-state index is 0.282. The molecule has 0 heterocycles. The molecule has 4 nitrogen and oxygen atoms in total. The molecule has 2 aromatic rings. The van der Waals surface area contributed by atoms with Crippen LogP contribution in [-0.4, -0.2) is 23.1 Å². The first-order valence-electron chi connectivity index (χ1n) is 11.2. The van der Waals surface area contributed by atoms with Crippen LogP contribution in [0.5, 0.6) is 5.75 Å². The number of phenolic OH excluding ortho intramolecular Hbond substituents is 1. The molecule has 0 radical (unpaired) electrons. The zero-order valence-electron chi connectivity index (χ0n) is 19.5. The summed E-state index contributed by atoms with van der Waals surface area (Å²) in [6.45, 7) is 12.4. The lowest BCUT2D eigenvalue weighted by molar-refractivity contribution is 0.277. The lowest BCUT2D eigenvalue weighted by atomic mass is 10.0. The van der Waals surface area contributed by atoms with E-state index in [0.29, 0.717) is 17.7 Å². The molecule has 0 fully saturated rings. The first kappa shape index (κ1) is 24.9. The van der Waals surface area contributed by atoms with Crippen LogP contribution in [0.4, 0.5) is 0 Å². The standard InChI is InChI=1S/C28H33N3O/c1-5-6-7-8-15-31(19-23(4)22(3)10-9-21(2)17-29)20-27-26-13-11-24(18-30)16-25(26)12-14-28(27)32/h9-14,16,32H,2,5-8,15,19-20H2,1,3-4H3. The Kier molecular flexibility index (Phi) is 9.74. The highest BCUT2D eigenvalue weighted by Crippen LogP contribution is 2.29.